The minimum Gasteiger partial charge on any atom is -0.748 e. The van der Waals surface area contributed by atoms with Crippen LogP contribution in [0.1, 0.15) is 0 Å². The summed E-state index contributed by atoms with van der Waals surface area (Å²) in [5.74, 6) is -0.688. The SMILES string of the molecule is O=C([O-])[O-].O=S(=O)([O-])CCO. The predicted octanol–water partition coefficient (Wildman–Crippen LogP) is -3.92. The first kappa shape index (κ1) is 12.8. The fourth-order valence-corrected chi connectivity index (χ4v) is 0.335. The molecule has 0 aromatic heterocycles. The molecule has 0 atom stereocenters. The molecule has 1 N–H and O–H groups in total. The second kappa shape index (κ2) is 5.89. The Morgan fingerprint density at radius 2 is 1.64 bits per heavy atom. The van der Waals surface area contributed by atoms with Crippen LogP contribution in [0.2, 0.25) is 0 Å². The first-order valence-corrected chi connectivity index (χ1v) is 3.79. The quantitative estimate of drug-likeness (QED) is 0.433. The molecule has 0 aliphatic carbocycles. The first-order chi connectivity index (χ1) is 4.79. The number of hydrogen-bond donors (Lipinski definition) is 1. The Bertz CT molecular complexity index is 188. The van der Waals surface area contributed by atoms with Gasteiger partial charge >= 0.3 is 0 Å². The fraction of sp³-hybridized carbons (Fsp3) is 0.667. The first-order valence-electron chi connectivity index (χ1n) is 2.22. The zero-order valence-electron chi connectivity index (χ0n) is 5.22. The standard InChI is InChI=1S/C2H6O4S.CH2O3/c3-1-2-7(4,5)6;2-1(3)4/h3H,1-2H2,(H,4,5,6);(H2,2,3,4)/p-3. The van der Waals surface area contributed by atoms with Gasteiger partial charge in [0.2, 0.25) is 0 Å². The van der Waals surface area contributed by atoms with Crippen LogP contribution in [0.5, 0.6) is 0 Å². The van der Waals surface area contributed by atoms with Crippen LogP contribution < -0.4 is 10.2 Å². The Kier molecular flexibility index (Phi) is 6.85. The average molecular weight is 185 g/mol. The lowest BCUT2D eigenvalue weighted by Gasteiger charge is -2.00. The molecule has 0 spiro atoms. The summed E-state index contributed by atoms with van der Waals surface area (Å²) in [7, 11) is -4.17. The van der Waals surface area contributed by atoms with Crippen LogP contribution in [0, 0.1) is 0 Å². The Labute approximate surface area is 62.6 Å². The van der Waals surface area contributed by atoms with E-state index in [0.29, 0.717) is 0 Å². The summed E-state index contributed by atoms with van der Waals surface area (Å²) < 4.78 is 28.5. The van der Waals surface area contributed by atoms with Gasteiger partial charge in [-0.15, -0.1) is 0 Å². The van der Waals surface area contributed by atoms with Crippen LogP contribution in [0.25, 0.3) is 0 Å². The molecule has 0 heterocycles. The van der Waals surface area contributed by atoms with Gasteiger partial charge in [-0.2, -0.15) is 0 Å². The van der Waals surface area contributed by atoms with Gasteiger partial charge in [-0.3, -0.25) is 0 Å². The summed E-state index contributed by atoms with van der Waals surface area (Å²) in [4.78, 5) is 8.33. The highest BCUT2D eigenvalue weighted by atomic mass is 32.2. The van der Waals surface area contributed by atoms with Gasteiger partial charge in [0.05, 0.1) is 22.5 Å². The van der Waals surface area contributed by atoms with Crippen LogP contribution in [-0.4, -0.2) is 36.6 Å². The smallest absolute Gasteiger partial charge is 0.0968 e. The normalized spacial score (nSPS) is 9.64. The molecule has 0 radical (unpaired) electrons. The number of hydrogen-bond acceptors (Lipinski definition) is 7. The van der Waals surface area contributed by atoms with E-state index in [1.165, 1.54) is 0 Å². The number of aliphatic hydroxyl groups is 1. The lowest BCUT2D eigenvalue weighted by Crippen LogP contribution is -2.37. The Balaban J connectivity index is 0. The molecule has 0 bridgehead atoms. The molecule has 0 aromatic rings. The molecule has 0 fully saturated rings. The van der Waals surface area contributed by atoms with Crippen molar-refractivity contribution in [3.63, 3.8) is 0 Å². The van der Waals surface area contributed by atoms with Gasteiger partial charge in [0.1, 0.15) is 0 Å². The summed E-state index contributed by atoms with van der Waals surface area (Å²) >= 11 is 0. The summed E-state index contributed by atoms with van der Waals surface area (Å²) in [6.45, 7) is -0.591. The van der Waals surface area contributed by atoms with E-state index in [1.807, 2.05) is 0 Å². The fourth-order valence-electron chi connectivity index (χ4n) is 0.112. The molecule has 8 heteroatoms. The Morgan fingerprint density at radius 1 is 1.36 bits per heavy atom. The van der Waals surface area contributed by atoms with E-state index in [2.05, 4.69) is 0 Å². The van der Waals surface area contributed by atoms with Gasteiger partial charge in [-0.25, -0.2) is 8.42 Å². The van der Waals surface area contributed by atoms with Crippen LogP contribution in [0.4, 0.5) is 4.79 Å². The third-order valence-electron chi connectivity index (χ3n) is 0.341. The minimum absolute atomic E-state index is 0.591. The molecule has 68 valence electrons. The van der Waals surface area contributed by atoms with Gasteiger partial charge in [0.15, 0.2) is 0 Å². The summed E-state index contributed by atoms with van der Waals surface area (Å²) in [5.41, 5.74) is 0. The van der Waals surface area contributed by atoms with E-state index < -0.39 is 28.6 Å². The van der Waals surface area contributed by atoms with E-state index in [1.54, 1.807) is 0 Å². The van der Waals surface area contributed by atoms with Gasteiger partial charge in [-0.05, 0) is 6.16 Å². The zero-order valence-corrected chi connectivity index (χ0v) is 6.04. The topological polar surface area (TPSA) is 141 Å². The third kappa shape index (κ3) is 47.3. The molecule has 11 heavy (non-hydrogen) atoms. The third-order valence-corrected chi connectivity index (χ3v) is 1.02. The van der Waals surface area contributed by atoms with Crippen molar-refractivity contribution in [1.82, 2.24) is 0 Å². The van der Waals surface area contributed by atoms with Gasteiger partial charge in [-0.1, -0.05) is 0 Å². The van der Waals surface area contributed by atoms with E-state index in [0.717, 1.165) is 0 Å². The van der Waals surface area contributed by atoms with Crippen molar-refractivity contribution in [1.29, 1.82) is 0 Å². The molecular weight excluding hydrogens is 180 g/mol. The molecule has 0 saturated carbocycles. The van der Waals surface area contributed by atoms with Crippen LogP contribution in [0.3, 0.4) is 0 Å². The van der Waals surface area contributed by atoms with Crippen molar-refractivity contribution in [3.05, 3.63) is 0 Å². The van der Waals surface area contributed by atoms with Crippen molar-refractivity contribution in [2.45, 2.75) is 0 Å². The second-order valence-electron chi connectivity index (χ2n) is 1.24. The van der Waals surface area contributed by atoms with Crippen LogP contribution in [0.15, 0.2) is 0 Å². The maximum atomic E-state index is 9.52. The molecule has 0 aromatic carbocycles. The molecule has 0 saturated heterocycles. The van der Waals surface area contributed by atoms with E-state index in [9.17, 15) is 13.0 Å². The van der Waals surface area contributed by atoms with E-state index in [4.69, 9.17) is 20.1 Å². The van der Waals surface area contributed by atoms with Crippen LogP contribution >= 0.6 is 0 Å². The van der Waals surface area contributed by atoms with Crippen molar-refractivity contribution in [2.75, 3.05) is 12.4 Å². The highest BCUT2D eigenvalue weighted by Crippen LogP contribution is 1.75. The van der Waals surface area contributed by atoms with Crippen molar-refractivity contribution >= 4 is 16.3 Å². The summed E-state index contributed by atoms with van der Waals surface area (Å²) in [6.07, 6.45) is -2.33. The van der Waals surface area contributed by atoms with E-state index in [-0.39, 0.29) is 0 Å². The summed E-state index contributed by atoms with van der Waals surface area (Å²) in [5, 5.41) is 24.5. The second-order valence-corrected chi connectivity index (χ2v) is 2.76. The lowest BCUT2D eigenvalue weighted by atomic mass is 10.9. The van der Waals surface area contributed by atoms with E-state index >= 15 is 0 Å². The van der Waals surface area contributed by atoms with Crippen molar-refractivity contribution < 1.29 is 33.1 Å². The molecule has 0 aliphatic rings. The van der Waals surface area contributed by atoms with Crippen molar-refractivity contribution in [2.24, 2.45) is 0 Å². The molecule has 0 amide bonds. The van der Waals surface area contributed by atoms with Crippen LogP contribution in [-0.2, 0) is 10.1 Å². The number of aliphatic hydroxyl groups excluding tert-OH is 1. The van der Waals surface area contributed by atoms with Crippen molar-refractivity contribution in [3.8, 4) is 0 Å². The summed E-state index contributed by atoms with van der Waals surface area (Å²) in [6, 6.07) is 0. The maximum absolute atomic E-state index is 9.52. The Hall–Kier alpha value is -0.860. The number of rotatable bonds is 2. The molecule has 0 aliphatic heterocycles. The molecule has 0 unspecified atom stereocenters. The van der Waals surface area contributed by atoms with Gasteiger partial charge < -0.3 is 24.7 Å². The minimum atomic E-state index is -4.17. The maximum Gasteiger partial charge on any atom is 0.0968 e. The highest BCUT2D eigenvalue weighted by molar-refractivity contribution is 7.85. The highest BCUT2D eigenvalue weighted by Gasteiger charge is 1.88. The molecule has 0 rings (SSSR count). The number of carbonyl (C=O) groups excluding carboxylic acids is 1. The predicted molar refractivity (Wildman–Crippen MR) is 27.0 cm³/mol. The largest absolute Gasteiger partial charge is 0.748 e. The lowest BCUT2D eigenvalue weighted by molar-refractivity contribution is -0.415. The Morgan fingerprint density at radius 3 is 1.64 bits per heavy atom. The van der Waals surface area contributed by atoms with Gasteiger partial charge in [0.25, 0.3) is 0 Å². The molecular formula is C3H5O7S-3. The van der Waals surface area contributed by atoms with Gasteiger partial charge in [0, 0.05) is 0 Å². The average Bonchev–Trinajstić information content (AvgIpc) is 1.58. The number of carbonyl (C=O) groups is 1. The monoisotopic (exact) mass is 185 g/mol. The zero-order chi connectivity index (χ0) is 9.49. The molecule has 7 nitrogen and oxygen atoms in total. The number of carboxylic acid groups (broad SMARTS) is 2.